The molecule has 0 fully saturated rings. The van der Waals surface area contributed by atoms with E-state index in [0.29, 0.717) is 10.6 Å². The molecule has 0 atom stereocenters. The maximum atomic E-state index is 12.0. The molecule has 0 aliphatic rings. The van der Waals surface area contributed by atoms with Crippen LogP contribution in [0.15, 0.2) is 30.3 Å². The number of rotatable bonds is 3. The standard InChI is InChI=1S/C15H17NO3S/c1-15(2,3)19-14(17)13-9-11(16-20-13)10-7-5-6-8-12(10)18-4/h5-9H,1-4H3. The molecular weight excluding hydrogens is 274 g/mol. The largest absolute Gasteiger partial charge is 0.496 e. The number of hydrogen-bond donors (Lipinski definition) is 0. The van der Waals surface area contributed by atoms with Gasteiger partial charge >= 0.3 is 5.97 Å². The number of carbonyl (C=O) groups excluding carboxylic acids is 1. The maximum absolute atomic E-state index is 12.0. The van der Waals surface area contributed by atoms with Crippen molar-refractivity contribution in [2.45, 2.75) is 26.4 Å². The first-order valence-electron chi connectivity index (χ1n) is 6.24. The second-order valence-electron chi connectivity index (χ2n) is 5.28. The molecule has 0 aliphatic heterocycles. The zero-order chi connectivity index (χ0) is 14.8. The monoisotopic (exact) mass is 291 g/mol. The Bertz CT molecular complexity index is 614. The average molecular weight is 291 g/mol. The molecule has 0 bridgehead atoms. The predicted octanol–water partition coefficient (Wildman–Crippen LogP) is 3.77. The minimum atomic E-state index is -0.508. The van der Waals surface area contributed by atoms with E-state index in [1.165, 1.54) is 0 Å². The number of hydrogen-bond acceptors (Lipinski definition) is 5. The number of methoxy groups -OCH3 is 1. The number of ether oxygens (including phenoxy) is 2. The Balaban J connectivity index is 2.27. The minimum Gasteiger partial charge on any atom is -0.496 e. The van der Waals surface area contributed by atoms with Crippen molar-refractivity contribution in [1.82, 2.24) is 4.37 Å². The zero-order valence-electron chi connectivity index (χ0n) is 12.0. The van der Waals surface area contributed by atoms with E-state index in [0.717, 1.165) is 22.8 Å². The van der Waals surface area contributed by atoms with Gasteiger partial charge in [-0.15, -0.1) is 0 Å². The second-order valence-corrected chi connectivity index (χ2v) is 6.08. The quantitative estimate of drug-likeness (QED) is 0.808. The van der Waals surface area contributed by atoms with Gasteiger partial charge in [-0.25, -0.2) is 4.79 Å². The van der Waals surface area contributed by atoms with Crippen LogP contribution in [0.1, 0.15) is 30.4 Å². The van der Waals surface area contributed by atoms with Gasteiger partial charge < -0.3 is 9.47 Å². The molecule has 0 radical (unpaired) electrons. The van der Waals surface area contributed by atoms with E-state index in [1.54, 1.807) is 13.2 Å². The summed E-state index contributed by atoms with van der Waals surface area (Å²) in [4.78, 5) is 12.5. The smallest absolute Gasteiger partial charge is 0.350 e. The molecule has 0 spiro atoms. The lowest BCUT2D eigenvalue weighted by atomic mass is 10.1. The summed E-state index contributed by atoms with van der Waals surface area (Å²) in [6, 6.07) is 9.30. The van der Waals surface area contributed by atoms with E-state index in [9.17, 15) is 4.79 Å². The van der Waals surface area contributed by atoms with Crippen molar-refractivity contribution in [1.29, 1.82) is 0 Å². The van der Waals surface area contributed by atoms with Crippen LogP contribution in [0.5, 0.6) is 5.75 Å². The number of benzene rings is 1. The van der Waals surface area contributed by atoms with Crippen LogP contribution in [0.4, 0.5) is 0 Å². The van der Waals surface area contributed by atoms with Gasteiger partial charge in [-0.2, -0.15) is 4.37 Å². The summed E-state index contributed by atoms with van der Waals surface area (Å²) in [5.74, 6) is 0.379. The number of nitrogens with zero attached hydrogens (tertiary/aromatic N) is 1. The molecule has 0 unspecified atom stereocenters. The molecule has 1 aromatic heterocycles. The zero-order valence-corrected chi connectivity index (χ0v) is 12.8. The summed E-state index contributed by atoms with van der Waals surface area (Å²) in [7, 11) is 1.61. The van der Waals surface area contributed by atoms with E-state index in [4.69, 9.17) is 9.47 Å². The lowest BCUT2D eigenvalue weighted by molar-refractivity contribution is 0.00752. The Kier molecular flexibility index (Phi) is 4.09. The highest BCUT2D eigenvalue weighted by molar-refractivity contribution is 7.08. The molecule has 4 nitrogen and oxygen atoms in total. The molecule has 0 saturated heterocycles. The van der Waals surface area contributed by atoms with Crippen molar-refractivity contribution in [3.8, 4) is 17.0 Å². The van der Waals surface area contributed by atoms with Crippen molar-refractivity contribution in [2.75, 3.05) is 7.11 Å². The maximum Gasteiger partial charge on any atom is 0.350 e. The third-order valence-electron chi connectivity index (χ3n) is 2.49. The van der Waals surface area contributed by atoms with E-state index in [2.05, 4.69) is 4.37 Å². The van der Waals surface area contributed by atoms with Crippen LogP contribution in [0.3, 0.4) is 0 Å². The van der Waals surface area contributed by atoms with Gasteiger partial charge in [-0.05, 0) is 50.5 Å². The number of carbonyl (C=O) groups is 1. The summed E-state index contributed by atoms with van der Waals surface area (Å²) in [5.41, 5.74) is 1.07. The van der Waals surface area contributed by atoms with E-state index in [1.807, 2.05) is 45.0 Å². The fourth-order valence-electron chi connectivity index (χ4n) is 1.68. The van der Waals surface area contributed by atoms with Gasteiger partial charge in [0.25, 0.3) is 0 Å². The molecule has 0 saturated carbocycles. The summed E-state index contributed by atoms with van der Waals surface area (Å²) >= 11 is 1.13. The van der Waals surface area contributed by atoms with Gasteiger partial charge in [0.15, 0.2) is 0 Å². The van der Waals surface area contributed by atoms with Crippen LogP contribution in [0.25, 0.3) is 11.3 Å². The minimum absolute atomic E-state index is 0.351. The Morgan fingerprint density at radius 2 is 1.95 bits per heavy atom. The van der Waals surface area contributed by atoms with Crippen molar-refractivity contribution >= 4 is 17.5 Å². The van der Waals surface area contributed by atoms with Gasteiger partial charge in [0.2, 0.25) is 0 Å². The van der Waals surface area contributed by atoms with Crippen molar-refractivity contribution in [2.24, 2.45) is 0 Å². The van der Waals surface area contributed by atoms with Gasteiger partial charge in [0, 0.05) is 5.56 Å². The molecule has 106 valence electrons. The first-order chi connectivity index (χ1) is 9.40. The van der Waals surface area contributed by atoms with Crippen LogP contribution in [-0.4, -0.2) is 23.1 Å². The van der Waals surface area contributed by atoms with Crippen LogP contribution in [0, 0.1) is 0 Å². The lowest BCUT2D eigenvalue weighted by Crippen LogP contribution is -2.23. The number of esters is 1. The highest BCUT2D eigenvalue weighted by Crippen LogP contribution is 2.30. The summed E-state index contributed by atoms with van der Waals surface area (Å²) in [6.07, 6.45) is 0. The molecule has 0 aliphatic carbocycles. The van der Waals surface area contributed by atoms with Gasteiger partial charge in [0.1, 0.15) is 16.2 Å². The fraction of sp³-hybridized carbons (Fsp3) is 0.333. The molecule has 0 amide bonds. The molecule has 2 aromatic rings. The molecule has 0 N–H and O–H groups in total. The van der Waals surface area contributed by atoms with Crippen LogP contribution < -0.4 is 4.74 Å². The van der Waals surface area contributed by atoms with Crippen LogP contribution in [-0.2, 0) is 4.74 Å². The third-order valence-corrected chi connectivity index (χ3v) is 3.26. The predicted molar refractivity (Wildman–Crippen MR) is 79.3 cm³/mol. The highest BCUT2D eigenvalue weighted by Gasteiger charge is 2.20. The van der Waals surface area contributed by atoms with Gasteiger partial charge in [-0.1, -0.05) is 12.1 Å². The van der Waals surface area contributed by atoms with Crippen molar-refractivity contribution < 1.29 is 14.3 Å². The summed E-state index contributed by atoms with van der Waals surface area (Å²) in [6.45, 7) is 5.52. The molecular formula is C15H17NO3S. The molecule has 2 rings (SSSR count). The van der Waals surface area contributed by atoms with E-state index < -0.39 is 5.60 Å². The van der Waals surface area contributed by atoms with Crippen LogP contribution in [0.2, 0.25) is 0 Å². The lowest BCUT2D eigenvalue weighted by Gasteiger charge is -2.18. The Morgan fingerprint density at radius 3 is 2.60 bits per heavy atom. The first-order valence-corrected chi connectivity index (χ1v) is 7.01. The topological polar surface area (TPSA) is 48.4 Å². The third kappa shape index (κ3) is 3.36. The molecule has 1 heterocycles. The van der Waals surface area contributed by atoms with E-state index in [-0.39, 0.29) is 5.97 Å². The number of para-hydroxylation sites is 1. The molecule has 5 heteroatoms. The Hall–Kier alpha value is -1.88. The van der Waals surface area contributed by atoms with Crippen molar-refractivity contribution in [3.05, 3.63) is 35.2 Å². The normalized spacial score (nSPS) is 11.2. The second kappa shape index (κ2) is 5.63. The molecule has 1 aromatic carbocycles. The van der Waals surface area contributed by atoms with Gasteiger partial charge in [-0.3, -0.25) is 0 Å². The summed E-state index contributed by atoms with van der Waals surface area (Å²) in [5, 5.41) is 0. The molecule has 20 heavy (non-hydrogen) atoms. The van der Waals surface area contributed by atoms with Crippen molar-refractivity contribution in [3.63, 3.8) is 0 Å². The Labute approximate surface area is 122 Å². The van der Waals surface area contributed by atoms with Crippen LogP contribution >= 0.6 is 11.5 Å². The SMILES string of the molecule is COc1ccccc1-c1cc(C(=O)OC(C)(C)C)sn1. The summed E-state index contributed by atoms with van der Waals surface area (Å²) < 4.78 is 14.9. The highest BCUT2D eigenvalue weighted by atomic mass is 32.1. The fourth-order valence-corrected chi connectivity index (χ4v) is 2.31. The number of aromatic nitrogens is 1. The Morgan fingerprint density at radius 1 is 1.25 bits per heavy atom. The van der Waals surface area contributed by atoms with E-state index >= 15 is 0 Å². The first kappa shape index (κ1) is 14.5. The van der Waals surface area contributed by atoms with Gasteiger partial charge in [0.05, 0.1) is 12.8 Å². The average Bonchev–Trinajstić information content (AvgIpc) is 2.86.